The standard InChI is InChI=1S/C12H21F3N2O3/c13-12(14,15)8-20-7-3-6-16-11(19)17-9-4-1-2-5-10(9)18/h9-10,18H,1-8H2,(H2,16,17,19). The summed E-state index contributed by atoms with van der Waals surface area (Å²) in [5.41, 5.74) is 0. The molecule has 2 atom stereocenters. The van der Waals surface area contributed by atoms with Crippen LogP contribution in [0.1, 0.15) is 32.1 Å². The average molecular weight is 298 g/mol. The summed E-state index contributed by atoms with van der Waals surface area (Å²) in [4.78, 5) is 11.5. The summed E-state index contributed by atoms with van der Waals surface area (Å²) in [7, 11) is 0. The molecule has 118 valence electrons. The summed E-state index contributed by atoms with van der Waals surface area (Å²) in [6.07, 6.45) is -1.20. The Morgan fingerprint density at radius 3 is 2.65 bits per heavy atom. The molecule has 2 unspecified atom stereocenters. The van der Waals surface area contributed by atoms with Crippen LogP contribution in [-0.2, 0) is 4.74 Å². The maximum absolute atomic E-state index is 11.8. The highest BCUT2D eigenvalue weighted by molar-refractivity contribution is 5.74. The molecule has 0 saturated heterocycles. The number of amides is 2. The van der Waals surface area contributed by atoms with Crippen LogP contribution < -0.4 is 10.6 Å². The molecule has 1 rings (SSSR count). The molecule has 3 N–H and O–H groups in total. The Morgan fingerprint density at radius 2 is 2.00 bits per heavy atom. The van der Waals surface area contributed by atoms with Crippen LogP contribution in [0, 0.1) is 0 Å². The molecular weight excluding hydrogens is 277 g/mol. The highest BCUT2D eigenvalue weighted by Gasteiger charge is 2.27. The lowest BCUT2D eigenvalue weighted by molar-refractivity contribution is -0.173. The van der Waals surface area contributed by atoms with Crippen molar-refractivity contribution in [3.05, 3.63) is 0 Å². The van der Waals surface area contributed by atoms with E-state index < -0.39 is 24.9 Å². The van der Waals surface area contributed by atoms with Crippen LogP contribution in [0.25, 0.3) is 0 Å². The lowest BCUT2D eigenvalue weighted by atomic mass is 9.93. The van der Waals surface area contributed by atoms with E-state index in [9.17, 15) is 23.1 Å². The van der Waals surface area contributed by atoms with Gasteiger partial charge in [0.25, 0.3) is 0 Å². The second kappa shape index (κ2) is 8.31. The molecule has 0 spiro atoms. The van der Waals surface area contributed by atoms with Crippen molar-refractivity contribution >= 4 is 6.03 Å². The zero-order valence-corrected chi connectivity index (χ0v) is 11.2. The third kappa shape index (κ3) is 7.54. The van der Waals surface area contributed by atoms with Crippen LogP contribution >= 0.6 is 0 Å². The van der Waals surface area contributed by atoms with Gasteiger partial charge in [-0.3, -0.25) is 0 Å². The van der Waals surface area contributed by atoms with Crippen molar-refractivity contribution in [3.8, 4) is 0 Å². The van der Waals surface area contributed by atoms with Gasteiger partial charge in [-0.2, -0.15) is 13.2 Å². The Labute approximate surface area is 115 Å². The third-order valence-corrected chi connectivity index (χ3v) is 3.06. The zero-order chi connectivity index (χ0) is 15.0. The van der Waals surface area contributed by atoms with Gasteiger partial charge in [0.1, 0.15) is 6.61 Å². The van der Waals surface area contributed by atoms with E-state index in [-0.39, 0.29) is 19.2 Å². The van der Waals surface area contributed by atoms with Gasteiger partial charge in [0, 0.05) is 13.2 Å². The van der Waals surface area contributed by atoms with Gasteiger partial charge in [-0.15, -0.1) is 0 Å². The van der Waals surface area contributed by atoms with Gasteiger partial charge >= 0.3 is 12.2 Å². The minimum Gasteiger partial charge on any atom is -0.391 e. The molecule has 1 fully saturated rings. The Hall–Kier alpha value is -1.02. The maximum Gasteiger partial charge on any atom is 0.411 e. The molecule has 1 saturated carbocycles. The van der Waals surface area contributed by atoms with E-state index in [1.807, 2.05) is 0 Å². The number of halogens is 3. The number of rotatable bonds is 6. The minimum absolute atomic E-state index is 0.0636. The van der Waals surface area contributed by atoms with Crippen LogP contribution in [0.5, 0.6) is 0 Å². The third-order valence-electron chi connectivity index (χ3n) is 3.06. The zero-order valence-electron chi connectivity index (χ0n) is 11.2. The summed E-state index contributed by atoms with van der Waals surface area (Å²) < 4.78 is 39.7. The van der Waals surface area contributed by atoms with Gasteiger partial charge in [-0.1, -0.05) is 12.8 Å². The second-order valence-electron chi connectivity index (χ2n) is 4.88. The fraction of sp³-hybridized carbons (Fsp3) is 0.917. The van der Waals surface area contributed by atoms with Crippen LogP contribution in [0.4, 0.5) is 18.0 Å². The molecular formula is C12H21F3N2O3. The number of hydrogen-bond donors (Lipinski definition) is 3. The Kier molecular flexibility index (Phi) is 7.08. The minimum atomic E-state index is -4.32. The molecule has 0 radical (unpaired) electrons. The van der Waals surface area contributed by atoms with E-state index >= 15 is 0 Å². The van der Waals surface area contributed by atoms with E-state index in [0.717, 1.165) is 19.3 Å². The molecule has 1 aliphatic carbocycles. The maximum atomic E-state index is 11.8. The molecule has 2 amide bonds. The summed E-state index contributed by atoms with van der Waals surface area (Å²) in [6.45, 7) is -1.11. The highest BCUT2D eigenvalue weighted by Crippen LogP contribution is 2.18. The summed E-state index contributed by atoms with van der Waals surface area (Å²) in [6, 6.07) is -0.656. The van der Waals surface area contributed by atoms with E-state index in [4.69, 9.17) is 0 Å². The van der Waals surface area contributed by atoms with Crippen molar-refractivity contribution in [1.82, 2.24) is 10.6 Å². The normalized spacial score (nSPS) is 23.4. The van der Waals surface area contributed by atoms with Crippen molar-refractivity contribution < 1.29 is 27.8 Å². The van der Waals surface area contributed by atoms with Crippen LogP contribution in [0.15, 0.2) is 0 Å². The topological polar surface area (TPSA) is 70.6 Å². The van der Waals surface area contributed by atoms with E-state index in [1.54, 1.807) is 0 Å². The molecule has 0 aromatic rings. The number of urea groups is 1. The van der Waals surface area contributed by atoms with Crippen molar-refractivity contribution in [2.24, 2.45) is 0 Å². The average Bonchev–Trinajstić information content (AvgIpc) is 2.35. The summed E-state index contributed by atoms with van der Waals surface area (Å²) in [5, 5.41) is 14.9. The molecule has 0 aromatic carbocycles. The second-order valence-corrected chi connectivity index (χ2v) is 4.88. The number of aliphatic hydroxyl groups is 1. The molecule has 0 aliphatic heterocycles. The summed E-state index contributed by atoms with van der Waals surface area (Å²) >= 11 is 0. The van der Waals surface area contributed by atoms with Gasteiger partial charge in [-0.05, 0) is 19.3 Å². The fourth-order valence-electron chi connectivity index (χ4n) is 2.06. The molecule has 8 heteroatoms. The van der Waals surface area contributed by atoms with Crippen molar-refractivity contribution in [2.45, 2.75) is 50.4 Å². The first kappa shape index (κ1) is 17.0. The van der Waals surface area contributed by atoms with Crippen LogP contribution in [0.3, 0.4) is 0 Å². The number of carbonyl (C=O) groups is 1. The van der Waals surface area contributed by atoms with Gasteiger partial charge in [0.2, 0.25) is 0 Å². The van der Waals surface area contributed by atoms with Gasteiger partial charge in [0.15, 0.2) is 0 Å². The van der Waals surface area contributed by atoms with Crippen LogP contribution in [0.2, 0.25) is 0 Å². The first-order chi connectivity index (χ1) is 9.38. The Balaban J connectivity index is 2.02. The first-order valence-corrected chi connectivity index (χ1v) is 6.75. The predicted octanol–water partition coefficient (Wildman–Crippen LogP) is 1.56. The number of aliphatic hydroxyl groups excluding tert-OH is 1. The molecule has 20 heavy (non-hydrogen) atoms. The SMILES string of the molecule is O=C(NCCCOCC(F)(F)F)NC1CCCCC1O. The predicted molar refractivity (Wildman–Crippen MR) is 66.3 cm³/mol. The quantitative estimate of drug-likeness (QED) is 0.652. The number of carbonyl (C=O) groups excluding carboxylic acids is 1. The first-order valence-electron chi connectivity index (χ1n) is 6.75. The summed E-state index contributed by atoms with van der Waals surface area (Å²) in [5.74, 6) is 0. The molecule has 0 bridgehead atoms. The lowest BCUT2D eigenvalue weighted by Crippen LogP contribution is -2.49. The van der Waals surface area contributed by atoms with Crippen molar-refractivity contribution in [2.75, 3.05) is 19.8 Å². The van der Waals surface area contributed by atoms with Gasteiger partial charge in [-0.25, -0.2) is 4.79 Å². The molecule has 5 nitrogen and oxygen atoms in total. The Morgan fingerprint density at radius 1 is 1.30 bits per heavy atom. The van der Waals surface area contributed by atoms with Crippen molar-refractivity contribution in [3.63, 3.8) is 0 Å². The van der Waals surface area contributed by atoms with E-state index in [1.165, 1.54) is 0 Å². The highest BCUT2D eigenvalue weighted by atomic mass is 19.4. The molecule has 1 aliphatic rings. The monoisotopic (exact) mass is 298 g/mol. The van der Waals surface area contributed by atoms with Crippen LogP contribution in [-0.4, -0.2) is 49.2 Å². The van der Waals surface area contributed by atoms with E-state index in [0.29, 0.717) is 12.8 Å². The van der Waals surface area contributed by atoms with Crippen molar-refractivity contribution in [1.29, 1.82) is 0 Å². The molecule has 0 heterocycles. The van der Waals surface area contributed by atoms with Gasteiger partial charge in [0.05, 0.1) is 12.1 Å². The molecule has 0 aromatic heterocycles. The Bertz CT molecular complexity index is 300. The fourth-order valence-corrected chi connectivity index (χ4v) is 2.06. The number of hydrogen-bond acceptors (Lipinski definition) is 3. The number of alkyl halides is 3. The number of ether oxygens (including phenoxy) is 1. The van der Waals surface area contributed by atoms with Gasteiger partial charge < -0.3 is 20.5 Å². The lowest BCUT2D eigenvalue weighted by Gasteiger charge is -2.28. The smallest absolute Gasteiger partial charge is 0.391 e. The van der Waals surface area contributed by atoms with E-state index in [2.05, 4.69) is 15.4 Å². The number of nitrogens with one attached hydrogen (secondary N) is 2. The largest absolute Gasteiger partial charge is 0.411 e.